The topological polar surface area (TPSA) is 50.7 Å². The highest BCUT2D eigenvalue weighted by Crippen LogP contribution is 2.28. The number of nitrogens with one attached hydrogen (secondary N) is 1. The van der Waals surface area contributed by atoms with Gasteiger partial charge < -0.3 is 5.32 Å². The molecule has 4 nitrogen and oxygen atoms in total. The van der Waals surface area contributed by atoms with Crippen molar-refractivity contribution in [3.05, 3.63) is 11.3 Å². The fourth-order valence-electron chi connectivity index (χ4n) is 1.20. The predicted molar refractivity (Wildman–Crippen MR) is 58.8 cm³/mol. The van der Waals surface area contributed by atoms with Crippen LogP contribution in [0.3, 0.4) is 0 Å². The predicted octanol–water partition coefficient (Wildman–Crippen LogP) is 2.25. The van der Waals surface area contributed by atoms with E-state index in [1.165, 1.54) is 0 Å². The van der Waals surface area contributed by atoms with Crippen LogP contribution in [0, 0.1) is 0 Å². The lowest BCUT2D eigenvalue weighted by molar-refractivity contribution is 0.856. The first kappa shape index (κ1) is 9.33. The third-order valence-electron chi connectivity index (χ3n) is 1.94. The molecular weight excluding hydrogens is 196 g/mol. The molecule has 0 saturated heterocycles. The lowest BCUT2D eigenvalue weighted by atomic mass is 10.2. The number of fused-ring (bicyclic) bond motifs is 1. The number of anilines is 1. The summed E-state index contributed by atoms with van der Waals surface area (Å²) in [4.78, 5) is 13.8. The van der Waals surface area contributed by atoms with E-state index in [-0.39, 0.29) is 0 Å². The highest BCUT2D eigenvalue weighted by molar-refractivity contribution is 7.18. The van der Waals surface area contributed by atoms with Gasteiger partial charge in [0.15, 0.2) is 5.82 Å². The van der Waals surface area contributed by atoms with E-state index in [9.17, 15) is 0 Å². The summed E-state index contributed by atoms with van der Waals surface area (Å²) in [5.74, 6) is 1.25. The van der Waals surface area contributed by atoms with E-state index >= 15 is 0 Å². The molecule has 0 amide bonds. The molecule has 0 aromatic carbocycles. The van der Waals surface area contributed by atoms with Crippen LogP contribution in [0.25, 0.3) is 10.3 Å². The Labute approximate surface area is 86.4 Å². The smallest absolute Gasteiger partial charge is 0.156 e. The third kappa shape index (κ3) is 1.43. The van der Waals surface area contributed by atoms with Crippen molar-refractivity contribution in [2.24, 2.45) is 0 Å². The number of nitrogens with zero attached hydrogens (tertiary/aromatic N) is 3. The van der Waals surface area contributed by atoms with Gasteiger partial charge in [-0.1, -0.05) is 25.2 Å². The first-order chi connectivity index (χ1) is 6.72. The van der Waals surface area contributed by atoms with Gasteiger partial charge in [0.05, 0.1) is 5.01 Å². The van der Waals surface area contributed by atoms with Gasteiger partial charge in [0.25, 0.3) is 0 Å². The average molecular weight is 208 g/mol. The zero-order chi connectivity index (χ0) is 10.1. The van der Waals surface area contributed by atoms with E-state index in [2.05, 4.69) is 34.1 Å². The highest BCUT2D eigenvalue weighted by Gasteiger charge is 2.11. The Bertz CT molecular complexity index is 449. The molecule has 0 atom stereocenters. The van der Waals surface area contributed by atoms with Crippen molar-refractivity contribution in [2.75, 3.05) is 12.4 Å². The van der Waals surface area contributed by atoms with Crippen LogP contribution in [0.15, 0.2) is 6.33 Å². The molecule has 2 aromatic heterocycles. The maximum atomic E-state index is 4.51. The summed E-state index contributed by atoms with van der Waals surface area (Å²) in [6, 6.07) is 0. The molecule has 5 heteroatoms. The van der Waals surface area contributed by atoms with Gasteiger partial charge in [0.1, 0.15) is 16.7 Å². The van der Waals surface area contributed by atoms with Gasteiger partial charge in [-0.2, -0.15) is 0 Å². The Kier molecular flexibility index (Phi) is 2.33. The first-order valence-electron chi connectivity index (χ1n) is 4.51. The van der Waals surface area contributed by atoms with Crippen LogP contribution in [0.4, 0.5) is 5.82 Å². The molecule has 0 aliphatic heterocycles. The molecule has 0 unspecified atom stereocenters. The lowest BCUT2D eigenvalue weighted by Crippen LogP contribution is -1.94. The molecule has 0 bridgehead atoms. The standard InChI is InChI=1S/C9H12N4S/c1-5(2)8-13-6-7(10-3)11-4-12-9(6)14-8/h4-5H,1-3H3,(H,10,11,12). The SMILES string of the molecule is CNc1ncnc2sc(C(C)C)nc12. The molecule has 0 fully saturated rings. The van der Waals surface area contributed by atoms with Gasteiger partial charge in [-0.15, -0.1) is 0 Å². The van der Waals surface area contributed by atoms with Gasteiger partial charge in [-0.25, -0.2) is 15.0 Å². The second-order valence-electron chi connectivity index (χ2n) is 3.33. The number of hydrogen-bond acceptors (Lipinski definition) is 5. The number of rotatable bonds is 2. The Balaban J connectivity index is 2.64. The van der Waals surface area contributed by atoms with Crippen molar-refractivity contribution in [3.63, 3.8) is 0 Å². The van der Waals surface area contributed by atoms with Gasteiger partial charge in [-0.05, 0) is 0 Å². The van der Waals surface area contributed by atoms with E-state index in [1.54, 1.807) is 17.7 Å². The van der Waals surface area contributed by atoms with Crippen molar-refractivity contribution in [1.82, 2.24) is 15.0 Å². The summed E-state index contributed by atoms with van der Waals surface area (Å²) in [6.45, 7) is 4.26. The molecule has 14 heavy (non-hydrogen) atoms. The van der Waals surface area contributed by atoms with Crippen molar-refractivity contribution < 1.29 is 0 Å². The van der Waals surface area contributed by atoms with Crippen LogP contribution >= 0.6 is 11.3 Å². The Hall–Kier alpha value is -1.23. The van der Waals surface area contributed by atoms with Crippen molar-refractivity contribution in [3.8, 4) is 0 Å². The van der Waals surface area contributed by atoms with E-state index in [1.807, 2.05) is 7.05 Å². The number of thiazole rings is 1. The molecule has 0 radical (unpaired) electrons. The van der Waals surface area contributed by atoms with Gasteiger partial charge in [0.2, 0.25) is 0 Å². The largest absolute Gasteiger partial charge is 0.371 e. The Morgan fingerprint density at radius 2 is 2.14 bits per heavy atom. The second-order valence-corrected chi connectivity index (χ2v) is 4.34. The second kappa shape index (κ2) is 3.49. The summed E-state index contributed by atoms with van der Waals surface area (Å²) >= 11 is 1.63. The summed E-state index contributed by atoms with van der Waals surface area (Å²) in [5.41, 5.74) is 0.878. The van der Waals surface area contributed by atoms with Crippen molar-refractivity contribution in [2.45, 2.75) is 19.8 Å². The first-order valence-corrected chi connectivity index (χ1v) is 5.33. The lowest BCUT2D eigenvalue weighted by Gasteiger charge is -1.97. The minimum absolute atomic E-state index is 0.443. The summed E-state index contributed by atoms with van der Waals surface area (Å²) < 4.78 is 0. The maximum absolute atomic E-state index is 4.51. The molecular formula is C9H12N4S. The van der Waals surface area contributed by atoms with Crippen LogP contribution in [0.1, 0.15) is 24.8 Å². The quantitative estimate of drug-likeness (QED) is 0.822. The molecule has 0 saturated carbocycles. The van der Waals surface area contributed by atoms with Crippen LogP contribution in [0.2, 0.25) is 0 Å². The van der Waals surface area contributed by atoms with Crippen LogP contribution in [-0.4, -0.2) is 22.0 Å². The van der Waals surface area contributed by atoms with Crippen LogP contribution < -0.4 is 5.32 Å². The van der Waals surface area contributed by atoms with E-state index < -0.39 is 0 Å². The molecule has 2 heterocycles. The zero-order valence-electron chi connectivity index (χ0n) is 8.40. The number of hydrogen-bond donors (Lipinski definition) is 1. The van der Waals surface area contributed by atoms with E-state index in [0.29, 0.717) is 5.92 Å². The van der Waals surface area contributed by atoms with Gasteiger partial charge >= 0.3 is 0 Å². The monoisotopic (exact) mass is 208 g/mol. The molecule has 2 rings (SSSR count). The highest BCUT2D eigenvalue weighted by atomic mass is 32.1. The van der Waals surface area contributed by atoms with Crippen LogP contribution in [0.5, 0.6) is 0 Å². The fourth-order valence-corrected chi connectivity index (χ4v) is 2.11. The molecule has 0 aliphatic carbocycles. The molecule has 0 spiro atoms. The summed E-state index contributed by atoms with van der Waals surface area (Å²) in [7, 11) is 1.84. The third-order valence-corrected chi connectivity index (χ3v) is 3.21. The summed E-state index contributed by atoms with van der Waals surface area (Å²) in [6.07, 6.45) is 1.57. The maximum Gasteiger partial charge on any atom is 0.156 e. The fraction of sp³-hybridized carbons (Fsp3) is 0.444. The van der Waals surface area contributed by atoms with Crippen molar-refractivity contribution >= 4 is 27.5 Å². The average Bonchev–Trinajstić information content (AvgIpc) is 2.60. The van der Waals surface area contributed by atoms with E-state index in [4.69, 9.17) is 0 Å². The molecule has 2 aromatic rings. The minimum atomic E-state index is 0.443. The zero-order valence-corrected chi connectivity index (χ0v) is 9.22. The van der Waals surface area contributed by atoms with Gasteiger partial charge in [0, 0.05) is 13.0 Å². The molecule has 1 N–H and O–H groups in total. The Morgan fingerprint density at radius 3 is 2.79 bits per heavy atom. The molecule has 0 aliphatic rings. The normalized spacial score (nSPS) is 11.1. The van der Waals surface area contributed by atoms with Gasteiger partial charge in [-0.3, -0.25) is 0 Å². The van der Waals surface area contributed by atoms with Crippen LogP contribution in [-0.2, 0) is 0 Å². The van der Waals surface area contributed by atoms with E-state index in [0.717, 1.165) is 21.2 Å². The molecule has 74 valence electrons. The number of aromatic nitrogens is 3. The van der Waals surface area contributed by atoms with Crippen molar-refractivity contribution in [1.29, 1.82) is 0 Å². The minimum Gasteiger partial charge on any atom is -0.371 e. The Morgan fingerprint density at radius 1 is 1.36 bits per heavy atom. The summed E-state index contributed by atoms with van der Waals surface area (Å²) in [5, 5.41) is 4.12.